The number of fused-ring (bicyclic) bond motifs is 1. The van der Waals surface area contributed by atoms with Gasteiger partial charge in [0.15, 0.2) is 0 Å². The standard InChI is InChI=1S/C18H26N4O3S/c1-2-18-21-16-9-13(3-6-17(16)22(18)14-4-5-14)10-20-26(23,24)12-15-11-19-7-8-25-15/h3,6,9,14-15,19-20H,2,4-5,7-8,10-12H2,1H3. The first-order valence-electron chi connectivity index (χ1n) is 9.35. The molecule has 1 aromatic heterocycles. The van der Waals surface area contributed by atoms with Crippen LogP contribution in [0.15, 0.2) is 18.2 Å². The first kappa shape index (κ1) is 17.9. The van der Waals surface area contributed by atoms with E-state index in [-0.39, 0.29) is 18.4 Å². The Bertz CT molecular complexity index is 883. The van der Waals surface area contributed by atoms with Crippen LogP contribution in [0, 0.1) is 0 Å². The second kappa shape index (κ2) is 7.26. The summed E-state index contributed by atoms with van der Waals surface area (Å²) >= 11 is 0. The Labute approximate surface area is 154 Å². The lowest BCUT2D eigenvalue weighted by Crippen LogP contribution is -2.44. The number of hydrogen-bond acceptors (Lipinski definition) is 5. The van der Waals surface area contributed by atoms with Crippen molar-refractivity contribution in [2.45, 2.75) is 44.9 Å². The van der Waals surface area contributed by atoms with Gasteiger partial charge < -0.3 is 14.6 Å². The summed E-state index contributed by atoms with van der Waals surface area (Å²) in [5.41, 5.74) is 3.02. The number of benzene rings is 1. The third-order valence-corrected chi connectivity index (χ3v) is 6.36. The molecule has 2 aliphatic rings. The van der Waals surface area contributed by atoms with E-state index in [0.29, 0.717) is 19.2 Å². The van der Waals surface area contributed by atoms with Gasteiger partial charge in [0.05, 0.1) is 29.5 Å². The molecule has 0 radical (unpaired) electrons. The van der Waals surface area contributed by atoms with Gasteiger partial charge in [-0.3, -0.25) is 0 Å². The Balaban J connectivity index is 1.45. The molecule has 1 aliphatic carbocycles. The quantitative estimate of drug-likeness (QED) is 0.759. The maximum absolute atomic E-state index is 12.3. The van der Waals surface area contributed by atoms with E-state index in [1.807, 2.05) is 12.1 Å². The fourth-order valence-corrected chi connectivity index (χ4v) is 4.73. The van der Waals surface area contributed by atoms with E-state index in [4.69, 9.17) is 9.72 Å². The van der Waals surface area contributed by atoms with Crippen LogP contribution >= 0.6 is 0 Å². The number of aryl methyl sites for hydroxylation is 1. The fourth-order valence-electron chi connectivity index (χ4n) is 3.52. The summed E-state index contributed by atoms with van der Waals surface area (Å²) in [5.74, 6) is 1.10. The summed E-state index contributed by atoms with van der Waals surface area (Å²) in [6.45, 7) is 4.30. The van der Waals surface area contributed by atoms with Gasteiger partial charge in [0, 0.05) is 32.1 Å². The minimum Gasteiger partial charge on any atom is -0.374 e. The molecule has 1 saturated carbocycles. The summed E-state index contributed by atoms with van der Waals surface area (Å²) in [7, 11) is -3.38. The number of morpholine rings is 1. The predicted octanol–water partition coefficient (Wildman–Crippen LogP) is 1.34. The van der Waals surface area contributed by atoms with Crippen molar-refractivity contribution in [1.82, 2.24) is 19.6 Å². The molecule has 2 aromatic rings. The van der Waals surface area contributed by atoms with Crippen molar-refractivity contribution >= 4 is 21.1 Å². The van der Waals surface area contributed by atoms with Crippen molar-refractivity contribution in [2.75, 3.05) is 25.4 Å². The third-order valence-electron chi connectivity index (χ3n) is 4.96. The highest BCUT2D eigenvalue weighted by Gasteiger charge is 2.27. The van der Waals surface area contributed by atoms with Crippen LogP contribution in [0.4, 0.5) is 0 Å². The van der Waals surface area contributed by atoms with Crippen molar-refractivity contribution in [3.8, 4) is 0 Å². The van der Waals surface area contributed by atoms with Gasteiger partial charge in [-0.15, -0.1) is 0 Å². The minimum absolute atomic E-state index is 0.0153. The van der Waals surface area contributed by atoms with Gasteiger partial charge in [0.25, 0.3) is 0 Å². The molecule has 1 saturated heterocycles. The van der Waals surface area contributed by atoms with Crippen molar-refractivity contribution < 1.29 is 13.2 Å². The molecule has 1 atom stereocenters. The molecule has 8 heteroatoms. The number of ether oxygens (including phenoxy) is 1. The average molecular weight is 378 g/mol. The highest BCUT2D eigenvalue weighted by molar-refractivity contribution is 7.89. The molecule has 4 rings (SSSR count). The largest absolute Gasteiger partial charge is 0.374 e. The molecule has 2 heterocycles. The van der Waals surface area contributed by atoms with Crippen LogP contribution < -0.4 is 10.0 Å². The number of imidazole rings is 1. The van der Waals surface area contributed by atoms with E-state index in [0.717, 1.165) is 35.4 Å². The van der Waals surface area contributed by atoms with Crippen molar-refractivity contribution in [2.24, 2.45) is 0 Å². The highest BCUT2D eigenvalue weighted by atomic mass is 32.2. The molecule has 0 spiro atoms. The van der Waals surface area contributed by atoms with Gasteiger partial charge in [-0.25, -0.2) is 18.1 Å². The zero-order chi connectivity index (χ0) is 18.1. The maximum atomic E-state index is 12.3. The second-order valence-electron chi connectivity index (χ2n) is 7.11. The van der Waals surface area contributed by atoms with Gasteiger partial charge >= 0.3 is 0 Å². The highest BCUT2D eigenvalue weighted by Crippen LogP contribution is 2.38. The van der Waals surface area contributed by atoms with Crippen LogP contribution in [0.2, 0.25) is 0 Å². The lowest BCUT2D eigenvalue weighted by Gasteiger charge is -2.23. The van der Waals surface area contributed by atoms with Crippen LogP contribution in [-0.4, -0.2) is 49.5 Å². The number of nitrogens with zero attached hydrogens (tertiary/aromatic N) is 2. The first-order chi connectivity index (χ1) is 12.6. The number of aromatic nitrogens is 2. The Kier molecular flexibility index (Phi) is 5.00. The van der Waals surface area contributed by atoms with Gasteiger partial charge in [-0.05, 0) is 30.5 Å². The van der Waals surface area contributed by atoms with Crippen LogP contribution in [-0.2, 0) is 27.7 Å². The van der Waals surface area contributed by atoms with E-state index in [1.54, 1.807) is 0 Å². The van der Waals surface area contributed by atoms with Crippen LogP contribution in [0.5, 0.6) is 0 Å². The monoisotopic (exact) mass is 378 g/mol. The summed E-state index contributed by atoms with van der Waals surface area (Å²) < 4.78 is 35.1. The van der Waals surface area contributed by atoms with E-state index in [2.05, 4.69) is 27.6 Å². The molecule has 2 N–H and O–H groups in total. The van der Waals surface area contributed by atoms with Crippen LogP contribution in [0.3, 0.4) is 0 Å². The van der Waals surface area contributed by atoms with Gasteiger partial charge in [0.2, 0.25) is 10.0 Å². The average Bonchev–Trinajstić information content (AvgIpc) is 3.40. The lowest BCUT2D eigenvalue weighted by molar-refractivity contribution is 0.0429. The molecule has 1 aliphatic heterocycles. The third kappa shape index (κ3) is 3.93. The van der Waals surface area contributed by atoms with Gasteiger partial charge in [-0.2, -0.15) is 0 Å². The number of sulfonamides is 1. The zero-order valence-corrected chi connectivity index (χ0v) is 15.9. The van der Waals surface area contributed by atoms with Gasteiger partial charge in [-0.1, -0.05) is 13.0 Å². The molecule has 142 valence electrons. The molecular formula is C18H26N4O3S. The summed E-state index contributed by atoms with van der Waals surface area (Å²) in [6, 6.07) is 6.64. The molecule has 1 unspecified atom stereocenters. The smallest absolute Gasteiger partial charge is 0.214 e. The van der Waals surface area contributed by atoms with E-state index < -0.39 is 10.0 Å². The Morgan fingerprint density at radius 1 is 1.38 bits per heavy atom. The predicted molar refractivity (Wildman–Crippen MR) is 101 cm³/mol. The van der Waals surface area contributed by atoms with Gasteiger partial charge in [0.1, 0.15) is 5.82 Å². The normalized spacial score (nSPS) is 21.3. The van der Waals surface area contributed by atoms with E-state index in [9.17, 15) is 8.42 Å². The molecular weight excluding hydrogens is 352 g/mol. The lowest BCUT2D eigenvalue weighted by atomic mass is 10.2. The van der Waals surface area contributed by atoms with E-state index in [1.165, 1.54) is 12.8 Å². The minimum atomic E-state index is -3.38. The van der Waals surface area contributed by atoms with Crippen molar-refractivity contribution in [3.05, 3.63) is 29.6 Å². The number of rotatable bonds is 7. The SMILES string of the molecule is CCc1nc2cc(CNS(=O)(=O)CC3CNCCO3)ccc2n1C1CC1. The molecule has 7 nitrogen and oxygen atoms in total. The van der Waals surface area contributed by atoms with Crippen molar-refractivity contribution in [3.63, 3.8) is 0 Å². The maximum Gasteiger partial charge on any atom is 0.214 e. The van der Waals surface area contributed by atoms with Crippen LogP contribution in [0.25, 0.3) is 11.0 Å². The van der Waals surface area contributed by atoms with Crippen molar-refractivity contribution in [1.29, 1.82) is 0 Å². The summed E-state index contributed by atoms with van der Waals surface area (Å²) in [6.07, 6.45) is 3.06. The fraction of sp³-hybridized carbons (Fsp3) is 0.611. The Morgan fingerprint density at radius 3 is 2.92 bits per heavy atom. The van der Waals surface area contributed by atoms with Crippen LogP contribution in [0.1, 0.15) is 37.2 Å². The molecule has 2 fully saturated rings. The zero-order valence-electron chi connectivity index (χ0n) is 15.1. The molecule has 0 amide bonds. The summed E-state index contributed by atoms with van der Waals surface area (Å²) in [5, 5.41) is 3.15. The second-order valence-corrected chi connectivity index (χ2v) is 8.96. The molecule has 0 bridgehead atoms. The molecule has 26 heavy (non-hydrogen) atoms. The summed E-state index contributed by atoms with van der Waals surface area (Å²) in [4.78, 5) is 4.75. The topological polar surface area (TPSA) is 85.2 Å². The van der Waals surface area contributed by atoms with E-state index >= 15 is 0 Å². The number of nitrogens with one attached hydrogen (secondary N) is 2. The first-order valence-corrected chi connectivity index (χ1v) is 11.0. The molecule has 1 aromatic carbocycles. The number of hydrogen-bond donors (Lipinski definition) is 2. The Morgan fingerprint density at radius 2 is 2.23 bits per heavy atom. The Hall–Kier alpha value is -1.48.